The predicted molar refractivity (Wildman–Crippen MR) is 96.6 cm³/mol. The van der Waals surface area contributed by atoms with E-state index in [1.165, 1.54) is 43.9 Å². The molecule has 1 saturated heterocycles. The molecule has 2 aliphatic rings. The molecule has 1 aliphatic heterocycles. The monoisotopic (exact) mass is 362 g/mol. The number of amides is 1. The van der Waals surface area contributed by atoms with Gasteiger partial charge < -0.3 is 10.2 Å². The minimum absolute atomic E-state index is 0.0274. The maximum atomic E-state index is 11.8. The SMILES string of the molecule is CN(CCCNC(=O)CSC1CCS(=O)(=O)C1)C1CCCCC1. The van der Waals surface area contributed by atoms with Gasteiger partial charge in [-0.3, -0.25) is 4.79 Å². The molecule has 1 amide bonds. The number of carbonyl (C=O) groups excluding carboxylic acids is 1. The fourth-order valence-electron chi connectivity index (χ4n) is 3.40. The molecule has 7 heteroatoms. The van der Waals surface area contributed by atoms with Gasteiger partial charge in [-0.1, -0.05) is 19.3 Å². The summed E-state index contributed by atoms with van der Waals surface area (Å²) in [4.78, 5) is 14.2. The van der Waals surface area contributed by atoms with Gasteiger partial charge in [-0.25, -0.2) is 8.42 Å². The molecular weight excluding hydrogens is 332 g/mol. The first kappa shape index (κ1) is 19.1. The summed E-state index contributed by atoms with van der Waals surface area (Å²) < 4.78 is 22.7. The third kappa shape index (κ3) is 7.01. The van der Waals surface area contributed by atoms with E-state index in [2.05, 4.69) is 17.3 Å². The molecule has 23 heavy (non-hydrogen) atoms. The van der Waals surface area contributed by atoms with Gasteiger partial charge in [0.1, 0.15) is 0 Å². The topological polar surface area (TPSA) is 66.5 Å². The highest BCUT2D eigenvalue weighted by molar-refractivity contribution is 8.02. The molecule has 134 valence electrons. The molecule has 0 bridgehead atoms. The Morgan fingerprint density at radius 2 is 1.96 bits per heavy atom. The summed E-state index contributed by atoms with van der Waals surface area (Å²) in [5, 5.41) is 3.05. The molecule has 0 spiro atoms. The summed E-state index contributed by atoms with van der Waals surface area (Å²) in [7, 11) is -0.654. The third-order valence-corrected chi connectivity index (χ3v) is 8.13. The van der Waals surface area contributed by atoms with Crippen molar-refractivity contribution in [1.82, 2.24) is 10.2 Å². The van der Waals surface area contributed by atoms with Crippen LogP contribution in [-0.4, -0.2) is 67.9 Å². The van der Waals surface area contributed by atoms with Gasteiger partial charge in [0.05, 0.1) is 17.3 Å². The Balaban J connectivity index is 1.51. The number of sulfone groups is 1. The molecule has 2 rings (SSSR count). The van der Waals surface area contributed by atoms with E-state index in [9.17, 15) is 13.2 Å². The zero-order valence-electron chi connectivity index (χ0n) is 14.1. The first-order valence-electron chi connectivity index (χ1n) is 8.75. The molecule has 0 aromatic heterocycles. The Bertz CT molecular complexity index is 476. The molecule has 1 N–H and O–H groups in total. The average Bonchev–Trinajstić information content (AvgIpc) is 2.89. The maximum Gasteiger partial charge on any atom is 0.230 e. The van der Waals surface area contributed by atoms with E-state index in [1.807, 2.05) is 0 Å². The van der Waals surface area contributed by atoms with Crippen LogP contribution in [0.4, 0.5) is 0 Å². The van der Waals surface area contributed by atoms with Gasteiger partial charge in [0, 0.05) is 17.8 Å². The highest BCUT2D eigenvalue weighted by Crippen LogP contribution is 2.24. The number of rotatable bonds is 8. The van der Waals surface area contributed by atoms with Gasteiger partial charge in [0.15, 0.2) is 9.84 Å². The molecule has 0 aromatic rings. The van der Waals surface area contributed by atoms with Crippen molar-refractivity contribution in [2.75, 3.05) is 37.4 Å². The van der Waals surface area contributed by atoms with E-state index in [1.54, 1.807) is 0 Å². The fraction of sp³-hybridized carbons (Fsp3) is 0.938. The van der Waals surface area contributed by atoms with Crippen molar-refractivity contribution in [3.63, 3.8) is 0 Å². The molecule has 1 saturated carbocycles. The van der Waals surface area contributed by atoms with Crippen molar-refractivity contribution in [2.24, 2.45) is 0 Å². The molecule has 2 fully saturated rings. The van der Waals surface area contributed by atoms with Crippen LogP contribution >= 0.6 is 11.8 Å². The minimum Gasteiger partial charge on any atom is -0.355 e. The highest BCUT2D eigenvalue weighted by atomic mass is 32.2. The van der Waals surface area contributed by atoms with E-state index < -0.39 is 9.84 Å². The fourth-order valence-corrected chi connectivity index (χ4v) is 6.87. The molecule has 1 atom stereocenters. The number of hydrogen-bond donors (Lipinski definition) is 1. The molecule has 0 aromatic carbocycles. The smallest absolute Gasteiger partial charge is 0.230 e. The van der Waals surface area contributed by atoms with E-state index in [0.717, 1.165) is 19.0 Å². The van der Waals surface area contributed by atoms with Crippen LogP contribution in [-0.2, 0) is 14.6 Å². The normalized spacial score (nSPS) is 24.9. The number of nitrogens with zero attached hydrogens (tertiary/aromatic N) is 1. The van der Waals surface area contributed by atoms with Crippen LogP contribution in [0.5, 0.6) is 0 Å². The molecule has 0 radical (unpaired) electrons. The van der Waals surface area contributed by atoms with E-state index in [0.29, 0.717) is 18.7 Å². The lowest BCUT2D eigenvalue weighted by atomic mass is 9.94. The number of carbonyl (C=O) groups is 1. The largest absolute Gasteiger partial charge is 0.355 e. The summed E-state index contributed by atoms with van der Waals surface area (Å²) in [5.74, 6) is 0.912. The van der Waals surface area contributed by atoms with Crippen molar-refractivity contribution in [2.45, 2.75) is 56.2 Å². The summed E-state index contributed by atoms with van der Waals surface area (Å²) in [6.07, 6.45) is 8.35. The van der Waals surface area contributed by atoms with Gasteiger partial charge in [0.25, 0.3) is 0 Å². The Hall–Kier alpha value is -0.270. The lowest BCUT2D eigenvalue weighted by Gasteiger charge is -2.31. The lowest BCUT2D eigenvalue weighted by molar-refractivity contribution is -0.118. The molecule has 1 heterocycles. The Morgan fingerprint density at radius 3 is 2.61 bits per heavy atom. The van der Waals surface area contributed by atoms with Crippen LogP contribution in [0.15, 0.2) is 0 Å². The third-order valence-electron chi connectivity index (χ3n) is 4.85. The molecule has 5 nitrogen and oxygen atoms in total. The van der Waals surface area contributed by atoms with Crippen LogP contribution in [0, 0.1) is 0 Å². The standard InChI is InChI=1S/C16H30N2O3S2/c1-18(14-6-3-2-4-7-14)10-5-9-17-16(19)12-22-15-8-11-23(20,21)13-15/h14-15H,2-13H2,1H3,(H,17,19). The lowest BCUT2D eigenvalue weighted by Crippen LogP contribution is -2.36. The second kappa shape index (κ2) is 9.28. The zero-order valence-corrected chi connectivity index (χ0v) is 15.8. The van der Waals surface area contributed by atoms with Crippen molar-refractivity contribution < 1.29 is 13.2 Å². The predicted octanol–water partition coefficient (Wildman–Crippen LogP) is 1.68. The Morgan fingerprint density at radius 1 is 1.22 bits per heavy atom. The molecule has 1 aliphatic carbocycles. The minimum atomic E-state index is -2.84. The summed E-state index contributed by atoms with van der Waals surface area (Å²) in [5.41, 5.74) is 0. The Kier molecular flexibility index (Phi) is 7.69. The second-order valence-corrected chi connectivity index (χ2v) is 10.3. The van der Waals surface area contributed by atoms with Crippen molar-refractivity contribution >= 4 is 27.5 Å². The Labute approximate surface area is 144 Å². The first-order chi connectivity index (χ1) is 11.0. The van der Waals surface area contributed by atoms with Gasteiger partial charge in [-0.15, -0.1) is 11.8 Å². The van der Waals surface area contributed by atoms with Crippen molar-refractivity contribution in [1.29, 1.82) is 0 Å². The molecule has 1 unspecified atom stereocenters. The van der Waals surface area contributed by atoms with E-state index in [4.69, 9.17) is 0 Å². The summed E-state index contributed by atoms with van der Waals surface area (Å²) >= 11 is 1.48. The maximum absolute atomic E-state index is 11.8. The molecular formula is C16H30N2O3S2. The van der Waals surface area contributed by atoms with Gasteiger partial charge >= 0.3 is 0 Å². The summed E-state index contributed by atoms with van der Waals surface area (Å²) in [6, 6.07) is 0.722. The number of hydrogen-bond acceptors (Lipinski definition) is 5. The van der Waals surface area contributed by atoms with Crippen LogP contribution in [0.1, 0.15) is 44.9 Å². The van der Waals surface area contributed by atoms with Gasteiger partial charge in [-0.05, 0) is 39.3 Å². The van der Waals surface area contributed by atoms with Crippen LogP contribution in [0.3, 0.4) is 0 Å². The second-order valence-electron chi connectivity index (χ2n) is 6.81. The van der Waals surface area contributed by atoms with Crippen LogP contribution in [0.2, 0.25) is 0 Å². The van der Waals surface area contributed by atoms with E-state index >= 15 is 0 Å². The van der Waals surface area contributed by atoms with E-state index in [-0.39, 0.29) is 22.7 Å². The summed E-state index contributed by atoms with van der Waals surface area (Å²) in [6.45, 7) is 1.73. The van der Waals surface area contributed by atoms with Gasteiger partial charge in [-0.2, -0.15) is 0 Å². The van der Waals surface area contributed by atoms with Crippen molar-refractivity contribution in [3.8, 4) is 0 Å². The van der Waals surface area contributed by atoms with Crippen molar-refractivity contribution in [3.05, 3.63) is 0 Å². The highest BCUT2D eigenvalue weighted by Gasteiger charge is 2.28. The zero-order chi connectivity index (χ0) is 16.7. The number of thioether (sulfide) groups is 1. The van der Waals surface area contributed by atoms with Crippen LogP contribution in [0.25, 0.3) is 0 Å². The van der Waals surface area contributed by atoms with Gasteiger partial charge in [0.2, 0.25) is 5.91 Å². The first-order valence-corrected chi connectivity index (χ1v) is 11.6. The van der Waals surface area contributed by atoms with Crippen LogP contribution < -0.4 is 5.32 Å². The number of nitrogens with one attached hydrogen (secondary N) is 1. The quantitative estimate of drug-likeness (QED) is 0.666. The average molecular weight is 363 g/mol.